The monoisotopic (exact) mass is 873 g/mol. The summed E-state index contributed by atoms with van der Waals surface area (Å²) in [5.41, 5.74) is 0. The van der Waals surface area contributed by atoms with Crippen LogP contribution < -0.4 is 0 Å². The Morgan fingerprint density at radius 1 is 0.574 bits per heavy atom. The average molecular weight is 873 g/mol. The van der Waals surface area contributed by atoms with Crippen LogP contribution in [0.4, 0.5) is 0 Å². The van der Waals surface area contributed by atoms with Gasteiger partial charge in [0.15, 0.2) is 6.10 Å². The minimum atomic E-state index is -4.42. The third-order valence-corrected chi connectivity index (χ3v) is 9.94. The van der Waals surface area contributed by atoms with Crippen LogP contribution in [0.25, 0.3) is 0 Å². The van der Waals surface area contributed by atoms with Crippen LogP contribution >= 0.6 is 7.82 Å². The minimum absolute atomic E-state index is 0.00240. The molecule has 0 amide bonds. The number of esters is 2. The second kappa shape index (κ2) is 40.7. The van der Waals surface area contributed by atoms with Crippen molar-refractivity contribution in [3.05, 3.63) is 109 Å². The molecule has 1 unspecified atom stereocenters. The predicted octanol–water partition coefficient (Wildman–Crippen LogP) is 12.1. The quantitative estimate of drug-likeness (QED) is 0.0204. The zero-order valence-corrected chi connectivity index (χ0v) is 39.4. The molecule has 0 saturated carbocycles. The molecule has 2 N–H and O–H groups in total. The van der Waals surface area contributed by atoms with E-state index in [4.69, 9.17) is 18.5 Å². The molecule has 0 heterocycles. The van der Waals surface area contributed by atoms with Crippen molar-refractivity contribution in [2.45, 2.75) is 148 Å². The Balaban J connectivity index is 4.60. The highest BCUT2D eigenvalue weighted by atomic mass is 31.2. The van der Waals surface area contributed by atoms with E-state index in [0.29, 0.717) is 30.3 Å². The van der Waals surface area contributed by atoms with E-state index in [-0.39, 0.29) is 32.2 Å². The minimum Gasteiger partial charge on any atom is -0.462 e. The Kier molecular flexibility index (Phi) is 38.4. The van der Waals surface area contributed by atoms with Crippen molar-refractivity contribution in [1.82, 2.24) is 0 Å². The van der Waals surface area contributed by atoms with Crippen molar-refractivity contribution in [3.63, 3.8) is 0 Å². The lowest BCUT2D eigenvalue weighted by Crippen LogP contribution is -2.37. The number of quaternary nitrogens is 1. The van der Waals surface area contributed by atoms with E-state index in [0.717, 1.165) is 64.2 Å². The van der Waals surface area contributed by atoms with Crippen LogP contribution in [0.3, 0.4) is 0 Å². The fourth-order valence-electron chi connectivity index (χ4n) is 5.20. The molecule has 0 rings (SSSR count). The molecular weight excluding hydrogens is 790 g/mol. The number of likely N-dealkylation sites (N-methyl/N-ethyl adjacent to an activating group) is 1. The molecule has 11 heteroatoms. The Morgan fingerprint density at radius 3 is 1.51 bits per heavy atom. The van der Waals surface area contributed by atoms with Crippen molar-refractivity contribution in [2.75, 3.05) is 47.5 Å². The fourth-order valence-corrected chi connectivity index (χ4v) is 5.94. The Bertz CT molecular complexity index is 1420. The third kappa shape index (κ3) is 44.5. The fraction of sp³-hybridized carbons (Fsp3) is 0.600. The molecule has 0 aromatic heterocycles. The first-order valence-corrected chi connectivity index (χ1v) is 24.2. The maximum Gasteiger partial charge on any atom is 0.472 e. The number of aliphatic hydroxyl groups is 1. The van der Waals surface area contributed by atoms with Crippen molar-refractivity contribution in [1.29, 1.82) is 0 Å². The van der Waals surface area contributed by atoms with Crippen molar-refractivity contribution >= 4 is 19.8 Å². The maximum atomic E-state index is 12.7. The lowest BCUT2D eigenvalue weighted by Gasteiger charge is -2.24. The number of phosphoric ester groups is 1. The van der Waals surface area contributed by atoms with Gasteiger partial charge in [0.2, 0.25) is 0 Å². The van der Waals surface area contributed by atoms with Gasteiger partial charge in [-0.2, -0.15) is 0 Å². The number of ether oxygens (including phenoxy) is 2. The number of carbonyl (C=O) groups excluding carboxylic acids is 2. The molecule has 0 aliphatic carbocycles. The maximum absolute atomic E-state index is 12.7. The number of unbranched alkanes of at least 4 members (excludes halogenated alkanes) is 4. The van der Waals surface area contributed by atoms with E-state index < -0.39 is 32.5 Å². The summed E-state index contributed by atoms with van der Waals surface area (Å²) in [5, 5.41) is 9.57. The molecule has 0 bridgehead atoms. The first-order chi connectivity index (χ1) is 29.4. The van der Waals surface area contributed by atoms with Crippen LogP contribution in [0, 0.1) is 0 Å². The van der Waals surface area contributed by atoms with Crippen LogP contribution in [0.15, 0.2) is 109 Å². The van der Waals surface area contributed by atoms with Gasteiger partial charge in [-0.1, -0.05) is 136 Å². The van der Waals surface area contributed by atoms with Gasteiger partial charge >= 0.3 is 19.8 Å². The number of aliphatic hydroxyl groups excluding tert-OH is 1. The smallest absolute Gasteiger partial charge is 0.462 e. The molecule has 346 valence electrons. The van der Waals surface area contributed by atoms with E-state index in [2.05, 4.69) is 98.1 Å². The summed E-state index contributed by atoms with van der Waals surface area (Å²) in [6.45, 7) is 3.92. The largest absolute Gasteiger partial charge is 0.472 e. The standard InChI is InChI=1S/C50H82NO9P/c1-6-8-9-10-11-12-13-14-15-16-17-18-19-24-27-30-33-36-39-42-50(54)60-48(46-59-61(55,56)58-44-43-51(3,4)5)45-57-49(53)41-38-35-32-29-26-23-21-20-22-25-28-31-34-37-40-47(52)7-2/h11-12,14-15,17-18,21-25,27,29,31-34,36,47-48,52H,6-10,13,16,19-20,26,28,30,35,37-46H2,1-5H3/p+1/b12-11-,15-14-,18-17-,23-21-,25-22-,27-24-,32-29-,34-31-,36-33-/t47-,48+/m0/s1. The molecule has 0 saturated heterocycles. The predicted molar refractivity (Wildman–Crippen MR) is 253 cm³/mol. The van der Waals surface area contributed by atoms with E-state index in [1.54, 1.807) is 0 Å². The van der Waals surface area contributed by atoms with Crippen LogP contribution in [-0.2, 0) is 32.7 Å². The van der Waals surface area contributed by atoms with Crippen molar-refractivity contribution < 1.29 is 47.2 Å². The summed E-state index contributed by atoms with van der Waals surface area (Å²) in [5.74, 6) is -0.992. The summed E-state index contributed by atoms with van der Waals surface area (Å²) in [4.78, 5) is 35.3. The second-order valence-electron chi connectivity index (χ2n) is 15.9. The van der Waals surface area contributed by atoms with Gasteiger partial charge in [0.05, 0.1) is 33.9 Å². The van der Waals surface area contributed by atoms with E-state index in [1.807, 2.05) is 46.3 Å². The Labute approximate surface area is 370 Å². The average Bonchev–Trinajstić information content (AvgIpc) is 3.21. The number of phosphoric acid groups is 1. The summed E-state index contributed by atoms with van der Waals surface area (Å²) in [7, 11) is 1.36. The number of hydrogen-bond acceptors (Lipinski definition) is 8. The SMILES string of the molecule is CCCCC/C=C\C/C=C\C/C=C\C/C=C\C/C=C\CCC(=O)O[C@H](COC(=O)CCC/C=C\C/C=C\C/C=C\C/C=C\CC[C@@H](O)CC)COP(=O)(O)OCC[N+](C)(C)C. The molecule has 0 radical (unpaired) electrons. The van der Waals surface area contributed by atoms with Crippen molar-refractivity contribution in [2.24, 2.45) is 0 Å². The van der Waals surface area contributed by atoms with E-state index in [1.165, 1.54) is 25.7 Å². The van der Waals surface area contributed by atoms with Gasteiger partial charge < -0.3 is 24.0 Å². The van der Waals surface area contributed by atoms with Gasteiger partial charge in [-0.25, -0.2) is 4.57 Å². The second-order valence-corrected chi connectivity index (χ2v) is 17.3. The molecule has 0 aromatic rings. The highest BCUT2D eigenvalue weighted by molar-refractivity contribution is 7.47. The first kappa shape index (κ1) is 57.6. The van der Waals surface area contributed by atoms with Gasteiger partial charge in [-0.15, -0.1) is 0 Å². The molecule has 10 nitrogen and oxygen atoms in total. The molecule has 0 spiro atoms. The molecule has 0 aliphatic heterocycles. The van der Waals surface area contributed by atoms with E-state index >= 15 is 0 Å². The lowest BCUT2D eigenvalue weighted by molar-refractivity contribution is -0.870. The summed E-state index contributed by atoms with van der Waals surface area (Å²) < 4.78 is 34.1. The zero-order valence-electron chi connectivity index (χ0n) is 38.5. The van der Waals surface area contributed by atoms with Gasteiger partial charge in [0.25, 0.3) is 0 Å². The van der Waals surface area contributed by atoms with Crippen LogP contribution in [0.2, 0.25) is 0 Å². The zero-order chi connectivity index (χ0) is 45.1. The summed E-state index contributed by atoms with van der Waals surface area (Å²) in [6, 6.07) is 0. The highest BCUT2D eigenvalue weighted by Crippen LogP contribution is 2.43. The number of allylic oxidation sites excluding steroid dienone is 18. The van der Waals surface area contributed by atoms with Crippen LogP contribution in [-0.4, -0.2) is 86.1 Å². The molecule has 61 heavy (non-hydrogen) atoms. The highest BCUT2D eigenvalue weighted by Gasteiger charge is 2.27. The molecular formula is C50H83NO9P+. The first-order valence-electron chi connectivity index (χ1n) is 22.7. The van der Waals surface area contributed by atoms with Crippen molar-refractivity contribution in [3.8, 4) is 0 Å². The normalized spacial score (nSPS) is 15.1. The Morgan fingerprint density at radius 2 is 1.03 bits per heavy atom. The molecule has 0 fully saturated rings. The van der Waals surface area contributed by atoms with Gasteiger partial charge in [-0.3, -0.25) is 18.6 Å². The van der Waals surface area contributed by atoms with Gasteiger partial charge in [0, 0.05) is 12.8 Å². The molecule has 0 aliphatic rings. The van der Waals surface area contributed by atoms with Crippen LogP contribution in [0.5, 0.6) is 0 Å². The summed E-state index contributed by atoms with van der Waals surface area (Å²) in [6.07, 6.45) is 52.5. The van der Waals surface area contributed by atoms with Gasteiger partial charge in [-0.05, 0) is 96.3 Å². The summed E-state index contributed by atoms with van der Waals surface area (Å²) >= 11 is 0. The number of hydrogen-bond donors (Lipinski definition) is 2. The topological polar surface area (TPSA) is 129 Å². The molecule has 3 atom stereocenters. The Hall–Kier alpha value is -3.37. The number of carbonyl (C=O) groups is 2. The number of nitrogens with zero attached hydrogens (tertiary/aromatic N) is 1. The third-order valence-electron chi connectivity index (χ3n) is 8.95. The van der Waals surface area contributed by atoms with E-state index in [9.17, 15) is 24.2 Å². The van der Waals surface area contributed by atoms with Crippen LogP contribution in [0.1, 0.15) is 136 Å². The van der Waals surface area contributed by atoms with Gasteiger partial charge in [0.1, 0.15) is 19.8 Å². The molecule has 0 aromatic carbocycles. The lowest BCUT2D eigenvalue weighted by atomic mass is 10.1. The number of rotatable bonds is 39.